The minimum atomic E-state index is -0.598. The van der Waals surface area contributed by atoms with Gasteiger partial charge < -0.3 is 5.11 Å². The van der Waals surface area contributed by atoms with Crippen LogP contribution in [-0.4, -0.2) is 19.6 Å². The summed E-state index contributed by atoms with van der Waals surface area (Å²) in [6.07, 6.45) is -0.498. The minimum Gasteiger partial charge on any atom is -0.507 e. The van der Waals surface area contributed by atoms with Crippen LogP contribution in [0.15, 0.2) is 146 Å². The van der Waals surface area contributed by atoms with Gasteiger partial charge in [0.25, 0.3) is 0 Å². The van der Waals surface area contributed by atoms with Gasteiger partial charge in [0.15, 0.2) is 0 Å². The number of para-hydroxylation sites is 1. The Bertz CT molecular complexity index is 3170. The van der Waals surface area contributed by atoms with Gasteiger partial charge in [0.2, 0.25) is 0 Å². The van der Waals surface area contributed by atoms with Crippen LogP contribution in [0, 0.1) is 13.8 Å². The lowest BCUT2D eigenvalue weighted by Crippen LogP contribution is -2.14. The van der Waals surface area contributed by atoms with Gasteiger partial charge in [-0.2, -0.15) is 0 Å². The van der Waals surface area contributed by atoms with Gasteiger partial charge in [-0.1, -0.05) is 132 Å². The highest BCUT2D eigenvalue weighted by Gasteiger charge is 2.25. The first-order valence-electron chi connectivity index (χ1n) is 22.8. The fourth-order valence-electron chi connectivity index (χ4n) is 7.37. The molecule has 278 valence electrons. The van der Waals surface area contributed by atoms with E-state index >= 15 is 0 Å². The Labute approximate surface area is 342 Å². The first kappa shape index (κ1) is 28.2. The Hall–Kier alpha value is -6.26. The number of aromatic nitrogens is 3. The Kier molecular flexibility index (Phi) is 7.10. The molecule has 0 aliphatic heterocycles. The summed E-state index contributed by atoms with van der Waals surface area (Å²) in [6, 6.07) is 28.7. The molecule has 0 fully saturated rings. The van der Waals surface area contributed by atoms with Crippen LogP contribution in [0.3, 0.4) is 0 Å². The Morgan fingerprint density at radius 3 is 2.11 bits per heavy atom. The molecule has 56 heavy (non-hydrogen) atoms. The van der Waals surface area contributed by atoms with Crippen LogP contribution in [0.4, 0.5) is 0 Å². The lowest BCUT2D eigenvalue weighted by molar-refractivity contribution is 0.472. The molecule has 8 aromatic rings. The lowest BCUT2D eigenvalue weighted by Gasteiger charge is -2.25. The van der Waals surface area contributed by atoms with E-state index in [1.807, 2.05) is 74.5 Å². The van der Waals surface area contributed by atoms with Crippen molar-refractivity contribution in [3.05, 3.63) is 168 Å². The van der Waals surface area contributed by atoms with Crippen LogP contribution in [-0.2, 0) is 10.8 Å². The predicted octanol–water partition coefficient (Wildman–Crippen LogP) is 13.7. The van der Waals surface area contributed by atoms with Crippen molar-refractivity contribution in [3.8, 4) is 67.5 Å². The SMILES string of the molecule is [2H]c1nc(-c2cc(-c3cccc4c3nc(-c3cc(C)cc(C)c3O)n4-c3ccc(-c4ccccc4)c(C(C)(C)C)c3)cc(C(C)(C)C)c2)c([2H])c(-c2c([2H])c([2H])c([2H])c([2H])c2[2H])c1[2H]. The van der Waals surface area contributed by atoms with Crippen LogP contribution in [0.25, 0.3) is 72.7 Å². The number of hydrogen-bond donors (Lipinski definition) is 1. The van der Waals surface area contributed by atoms with Gasteiger partial charge >= 0.3 is 0 Å². The lowest BCUT2D eigenvalue weighted by atomic mass is 9.81. The van der Waals surface area contributed by atoms with E-state index in [0.717, 1.165) is 55.7 Å². The molecule has 6 aromatic carbocycles. The monoisotopic (exact) mass is 739 g/mol. The van der Waals surface area contributed by atoms with E-state index < -0.39 is 47.8 Å². The highest BCUT2D eigenvalue weighted by Crippen LogP contribution is 2.42. The molecule has 2 aromatic heterocycles. The number of fused-ring (bicyclic) bond motifs is 1. The molecule has 4 heteroatoms. The third-order valence-corrected chi connectivity index (χ3v) is 10.3. The van der Waals surface area contributed by atoms with Crippen LogP contribution in [0.2, 0.25) is 0 Å². The smallest absolute Gasteiger partial charge is 0.149 e. The maximum Gasteiger partial charge on any atom is 0.149 e. The molecule has 0 saturated heterocycles. The summed E-state index contributed by atoms with van der Waals surface area (Å²) in [5.74, 6) is 0.681. The van der Waals surface area contributed by atoms with Crippen molar-refractivity contribution in [1.29, 1.82) is 0 Å². The van der Waals surface area contributed by atoms with Crippen molar-refractivity contribution in [1.82, 2.24) is 14.5 Å². The van der Waals surface area contributed by atoms with Crippen molar-refractivity contribution in [2.45, 2.75) is 66.2 Å². The van der Waals surface area contributed by atoms with Gasteiger partial charge in [-0.15, -0.1) is 0 Å². The number of rotatable bonds is 6. The van der Waals surface area contributed by atoms with Crippen LogP contribution in [0.1, 0.15) is 74.8 Å². The quantitative estimate of drug-likeness (QED) is 0.185. The van der Waals surface area contributed by atoms with E-state index in [0.29, 0.717) is 22.5 Å². The third kappa shape index (κ3) is 6.92. The number of aryl methyl sites for hydroxylation is 2. The molecule has 8 rings (SSSR count). The maximum atomic E-state index is 11.7. The molecule has 2 heterocycles. The molecule has 0 aliphatic carbocycles. The summed E-state index contributed by atoms with van der Waals surface area (Å²) < 4.78 is 71.2. The summed E-state index contributed by atoms with van der Waals surface area (Å²) in [7, 11) is 0. The largest absolute Gasteiger partial charge is 0.507 e. The normalized spacial score (nSPS) is 14.0. The average Bonchev–Trinajstić information content (AvgIpc) is 3.65. The van der Waals surface area contributed by atoms with Crippen LogP contribution in [0.5, 0.6) is 5.75 Å². The average molecular weight is 740 g/mol. The highest BCUT2D eigenvalue weighted by atomic mass is 16.3. The molecular formula is C52H49N3O. The number of aromatic hydroxyl groups is 1. The zero-order chi connectivity index (χ0) is 46.3. The molecule has 0 aliphatic rings. The summed E-state index contributed by atoms with van der Waals surface area (Å²) in [5, 5.41) is 11.7. The number of phenols is 1. The molecule has 4 nitrogen and oxygen atoms in total. The number of phenolic OH excluding ortho intramolecular Hbond substituents is 1. The van der Waals surface area contributed by atoms with Gasteiger partial charge in [0, 0.05) is 23.0 Å². The second-order valence-corrected chi connectivity index (χ2v) is 16.5. The third-order valence-electron chi connectivity index (χ3n) is 10.3. The van der Waals surface area contributed by atoms with Crippen LogP contribution >= 0.6 is 0 Å². The Balaban J connectivity index is 1.42. The van der Waals surface area contributed by atoms with E-state index in [-0.39, 0.29) is 34.0 Å². The first-order valence-corrected chi connectivity index (χ1v) is 18.8. The topological polar surface area (TPSA) is 50.9 Å². The molecule has 0 spiro atoms. The number of nitrogens with zero attached hydrogens (tertiary/aromatic N) is 3. The molecule has 0 bridgehead atoms. The molecular weight excluding hydrogens is 683 g/mol. The molecule has 0 amide bonds. The fourth-order valence-corrected chi connectivity index (χ4v) is 7.37. The summed E-state index contributed by atoms with van der Waals surface area (Å²) in [4.78, 5) is 9.83. The Morgan fingerprint density at radius 1 is 0.625 bits per heavy atom. The van der Waals surface area contributed by atoms with Gasteiger partial charge in [0.1, 0.15) is 11.6 Å². The highest BCUT2D eigenvalue weighted by molar-refractivity contribution is 5.97. The Morgan fingerprint density at radius 2 is 1.38 bits per heavy atom. The molecule has 0 saturated carbocycles. The van der Waals surface area contributed by atoms with Crippen molar-refractivity contribution in [2.24, 2.45) is 0 Å². The molecule has 0 radical (unpaired) electrons. The zero-order valence-corrected chi connectivity index (χ0v) is 33.0. The fraction of sp³-hybridized carbons (Fsp3) is 0.192. The minimum absolute atomic E-state index is 0.0296. The van der Waals surface area contributed by atoms with Crippen molar-refractivity contribution in [2.75, 3.05) is 0 Å². The summed E-state index contributed by atoms with van der Waals surface area (Å²) in [6.45, 7) is 16.7. The number of hydrogen-bond acceptors (Lipinski definition) is 3. The summed E-state index contributed by atoms with van der Waals surface area (Å²) >= 11 is 0. The van der Waals surface area contributed by atoms with E-state index in [1.54, 1.807) is 0 Å². The second-order valence-electron chi connectivity index (χ2n) is 16.5. The molecule has 0 atom stereocenters. The van der Waals surface area contributed by atoms with Gasteiger partial charge in [-0.25, -0.2) is 4.98 Å². The second kappa shape index (κ2) is 14.1. The van der Waals surface area contributed by atoms with E-state index in [9.17, 15) is 6.48 Å². The first-order chi connectivity index (χ1) is 30.1. The van der Waals surface area contributed by atoms with E-state index in [4.69, 9.17) is 14.6 Å². The molecule has 1 N–H and O–H groups in total. The maximum absolute atomic E-state index is 11.7. The van der Waals surface area contributed by atoms with Crippen molar-refractivity contribution in [3.63, 3.8) is 0 Å². The number of pyridine rings is 1. The zero-order valence-electron chi connectivity index (χ0n) is 41.0. The van der Waals surface area contributed by atoms with Gasteiger partial charge in [0.05, 0.1) is 33.3 Å². The van der Waals surface area contributed by atoms with Crippen LogP contribution < -0.4 is 0 Å². The van der Waals surface area contributed by atoms with Crippen molar-refractivity contribution < 1.29 is 16.1 Å². The molecule has 0 unspecified atom stereocenters. The summed E-state index contributed by atoms with van der Waals surface area (Å²) in [5.41, 5.74) is 9.54. The van der Waals surface area contributed by atoms with Gasteiger partial charge in [-0.3, -0.25) is 9.55 Å². The standard InChI is InChI=1S/C52H49N3O/c1-33-26-34(2)49(56)44(27-33)50-54-48-43(20-15-21-47(48)55(50)41-22-23-42(36-18-13-10-14-19-36)45(32-41)52(6,7)8)38-28-39(30-40(29-38)51(3,4)5)46-31-37(24-25-53-46)35-16-11-9-12-17-35/h9-32,56H,1-8H3/i9D,11D,12D,16D,17D,24D,25D,31D. The van der Waals surface area contributed by atoms with Crippen molar-refractivity contribution >= 4 is 11.0 Å². The van der Waals surface area contributed by atoms with Gasteiger partial charge in [-0.05, 0) is 123 Å². The number of imidazole rings is 1. The van der Waals surface area contributed by atoms with E-state index in [1.165, 1.54) is 0 Å². The van der Waals surface area contributed by atoms with E-state index in [2.05, 4.69) is 87.5 Å². The number of benzene rings is 6. The predicted molar refractivity (Wildman–Crippen MR) is 235 cm³/mol.